The van der Waals surface area contributed by atoms with Gasteiger partial charge in [-0.1, -0.05) is 18.2 Å². The van der Waals surface area contributed by atoms with Crippen LogP contribution in [-0.4, -0.2) is 37.4 Å². The Balaban J connectivity index is 1.89. The molecule has 33 heavy (non-hydrogen) atoms. The standard InChI is InChI=1S/C23H17F3N4O2S/c24-11-16(12-25)29-33(31,32)18-7-8-21(28-14-18)23-20(13-27)19-10-15(26)6-9-22(19)30(23)17-4-2-1-3-5-17/h1-10,14,16,29H,11-12H2. The molecule has 0 spiro atoms. The minimum Gasteiger partial charge on any atom is -0.307 e. The summed E-state index contributed by atoms with van der Waals surface area (Å²) >= 11 is 0. The van der Waals surface area contributed by atoms with Crippen molar-refractivity contribution in [1.29, 1.82) is 5.26 Å². The van der Waals surface area contributed by atoms with Gasteiger partial charge in [0.25, 0.3) is 0 Å². The van der Waals surface area contributed by atoms with Crippen LogP contribution in [0.4, 0.5) is 13.2 Å². The van der Waals surface area contributed by atoms with Crippen LogP contribution in [0.2, 0.25) is 0 Å². The molecule has 0 amide bonds. The monoisotopic (exact) mass is 470 g/mol. The van der Waals surface area contributed by atoms with Gasteiger partial charge in [-0.15, -0.1) is 0 Å². The Labute approximate surface area is 188 Å². The highest BCUT2D eigenvalue weighted by Gasteiger charge is 2.24. The Hall–Kier alpha value is -3.68. The number of nitrogens with one attached hydrogen (secondary N) is 1. The van der Waals surface area contributed by atoms with Gasteiger partial charge in [0.1, 0.15) is 30.1 Å². The normalized spacial score (nSPS) is 11.7. The van der Waals surface area contributed by atoms with Crippen LogP contribution in [0, 0.1) is 17.1 Å². The fourth-order valence-corrected chi connectivity index (χ4v) is 4.67. The van der Waals surface area contributed by atoms with E-state index < -0.39 is 35.2 Å². The lowest BCUT2D eigenvalue weighted by molar-refractivity contribution is 0.334. The third-order valence-electron chi connectivity index (χ3n) is 5.04. The summed E-state index contributed by atoms with van der Waals surface area (Å²) in [5, 5.41) is 10.3. The SMILES string of the molecule is N#Cc1c(-c2ccc(S(=O)(=O)NC(CF)CF)cn2)n(-c2ccccc2)c2ccc(F)cc12. The smallest absolute Gasteiger partial charge is 0.242 e. The van der Waals surface area contributed by atoms with E-state index in [1.54, 1.807) is 22.8 Å². The van der Waals surface area contributed by atoms with Gasteiger partial charge in [0.05, 0.1) is 28.5 Å². The number of rotatable bonds is 7. The lowest BCUT2D eigenvalue weighted by Crippen LogP contribution is -2.37. The molecule has 6 nitrogen and oxygen atoms in total. The van der Waals surface area contributed by atoms with Crippen LogP contribution in [0.25, 0.3) is 28.0 Å². The molecule has 0 aliphatic carbocycles. The molecule has 0 saturated carbocycles. The lowest BCUT2D eigenvalue weighted by atomic mass is 10.1. The first-order chi connectivity index (χ1) is 15.9. The molecular formula is C23H17F3N4O2S. The van der Waals surface area contributed by atoms with E-state index in [1.165, 1.54) is 24.3 Å². The molecule has 0 aliphatic heterocycles. The average Bonchev–Trinajstić information content (AvgIpc) is 3.16. The number of nitriles is 1. The molecule has 0 atom stereocenters. The molecule has 2 aromatic heterocycles. The summed E-state index contributed by atoms with van der Waals surface area (Å²) < 4.78 is 68.0. The van der Waals surface area contributed by atoms with Crippen LogP contribution in [0.15, 0.2) is 71.8 Å². The van der Waals surface area contributed by atoms with Crippen LogP contribution in [-0.2, 0) is 10.0 Å². The predicted octanol–water partition coefficient (Wildman–Crippen LogP) is 4.29. The predicted molar refractivity (Wildman–Crippen MR) is 117 cm³/mol. The zero-order valence-corrected chi connectivity index (χ0v) is 17.9. The number of halogens is 3. The Morgan fingerprint density at radius 1 is 1.06 bits per heavy atom. The number of alkyl halides is 2. The molecule has 0 radical (unpaired) electrons. The van der Waals surface area contributed by atoms with Crippen LogP contribution >= 0.6 is 0 Å². The second-order valence-corrected chi connectivity index (χ2v) is 8.89. The maximum absolute atomic E-state index is 14.0. The summed E-state index contributed by atoms with van der Waals surface area (Å²) in [6.45, 7) is -2.39. The van der Waals surface area contributed by atoms with Crippen molar-refractivity contribution in [2.75, 3.05) is 13.3 Å². The van der Waals surface area contributed by atoms with Crippen LogP contribution in [0.3, 0.4) is 0 Å². The number of aromatic nitrogens is 2. The first kappa shape index (κ1) is 22.5. The van der Waals surface area contributed by atoms with Crippen molar-refractivity contribution in [3.63, 3.8) is 0 Å². The molecule has 4 rings (SSSR count). The summed E-state index contributed by atoms with van der Waals surface area (Å²) in [6.07, 6.45) is 1.04. The van der Waals surface area contributed by atoms with Crippen molar-refractivity contribution in [3.05, 3.63) is 78.2 Å². The summed E-state index contributed by atoms with van der Waals surface area (Å²) in [6, 6.07) is 16.4. The lowest BCUT2D eigenvalue weighted by Gasteiger charge is -2.13. The highest BCUT2D eigenvalue weighted by Crippen LogP contribution is 2.35. The van der Waals surface area contributed by atoms with Crippen LogP contribution in [0.5, 0.6) is 0 Å². The van der Waals surface area contributed by atoms with Crippen LogP contribution in [0.1, 0.15) is 5.56 Å². The molecule has 0 bridgehead atoms. The van der Waals surface area contributed by atoms with E-state index in [9.17, 15) is 26.9 Å². The van der Waals surface area contributed by atoms with E-state index in [4.69, 9.17) is 0 Å². The third kappa shape index (κ3) is 4.20. The number of hydrogen-bond acceptors (Lipinski definition) is 4. The molecule has 0 unspecified atom stereocenters. The van der Waals surface area contributed by atoms with Crippen LogP contribution < -0.4 is 4.72 Å². The van der Waals surface area contributed by atoms with Gasteiger partial charge < -0.3 is 4.57 Å². The zero-order valence-electron chi connectivity index (χ0n) is 17.0. The topological polar surface area (TPSA) is 87.8 Å². The fourth-order valence-electron chi connectivity index (χ4n) is 3.54. The van der Waals surface area contributed by atoms with Crippen molar-refractivity contribution in [3.8, 4) is 23.1 Å². The number of pyridine rings is 1. The maximum atomic E-state index is 14.0. The van der Waals surface area contributed by atoms with Crippen molar-refractivity contribution in [2.24, 2.45) is 0 Å². The van der Waals surface area contributed by atoms with Gasteiger partial charge in [0, 0.05) is 17.3 Å². The van der Waals surface area contributed by atoms with Gasteiger partial charge in [-0.2, -0.15) is 5.26 Å². The maximum Gasteiger partial charge on any atom is 0.242 e. The van der Waals surface area contributed by atoms with Crippen molar-refractivity contribution >= 4 is 20.9 Å². The zero-order chi connectivity index (χ0) is 23.6. The number of hydrogen-bond donors (Lipinski definition) is 1. The van der Waals surface area contributed by atoms with Crippen molar-refractivity contribution < 1.29 is 21.6 Å². The highest BCUT2D eigenvalue weighted by atomic mass is 32.2. The van der Waals surface area contributed by atoms with E-state index >= 15 is 0 Å². The first-order valence-corrected chi connectivity index (χ1v) is 11.3. The molecular weight excluding hydrogens is 453 g/mol. The Bertz CT molecular complexity index is 1440. The molecule has 2 heterocycles. The van der Waals surface area contributed by atoms with Gasteiger partial charge in [-0.3, -0.25) is 4.98 Å². The van der Waals surface area contributed by atoms with Crippen molar-refractivity contribution in [1.82, 2.24) is 14.3 Å². The molecule has 0 fully saturated rings. The average molecular weight is 470 g/mol. The molecule has 1 N–H and O–H groups in total. The van der Waals surface area contributed by atoms with Gasteiger partial charge in [-0.25, -0.2) is 26.3 Å². The number of sulfonamides is 1. The van der Waals surface area contributed by atoms with Crippen molar-refractivity contribution in [2.45, 2.75) is 10.9 Å². The third-order valence-corrected chi connectivity index (χ3v) is 6.54. The van der Waals surface area contributed by atoms with Gasteiger partial charge in [0.2, 0.25) is 10.0 Å². The molecule has 0 saturated heterocycles. The summed E-state index contributed by atoms with van der Waals surface area (Å²) in [7, 11) is -4.20. The van der Waals surface area contributed by atoms with E-state index in [2.05, 4.69) is 11.1 Å². The second kappa shape index (κ2) is 9.05. The summed E-state index contributed by atoms with van der Waals surface area (Å²) in [5.74, 6) is -0.508. The minimum absolute atomic E-state index is 0.171. The number of para-hydroxylation sites is 1. The molecule has 168 valence electrons. The highest BCUT2D eigenvalue weighted by molar-refractivity contribution is 7.89. The number of nitrogens with zero attached hydrogens (tertiary/aromatic N) is 3. The summed E-state index contributed by atoms with van der Waals surface area (Å²) in [4.78, 5) is 3.93. The van der Waals surface area contributed by atoms with E-state index in [0.29, 0.717) is 22.3 Å². The quantitative estimate of drug-likeness (QED) is 0.437. The van der Waals surface area contributed by atoms with Gasteiger partial charge >= 0.3 is 0 Å². The molecule has 0 aliphatic rings. The molecule has 10 heteroatoms. The Morgan fingerprint density at radius 2 is 1.79 bits per heavy atom. The summed E-state index contributed by atoms with van der Waals surface area (Å²) in [5.41, 5.74) is 2.05. The molecule has 2 aromatic carbocycles. The minimum atomic E-state index is -4.20. The second-order valence-electron chi connectivity index (χ2n) is 7.17. The van der Waals surface area contributed by atoms with E-state index in [-0.39, 0.29) is 16.2 Å². The van der Waals surface area contributed by atoms with E-state index in [1.807, 2.05) is 22.9 Å². The van der Waals surface area contributed by atoms with Gasteiger partial charge in [-0.05, 0) is 42.5 Å². The number of benzene rings is 2. The first-order valence-electron chi connectivity index (χ1n) is 9.79. The Kier molecular flexibility index (Phi) is 6.18. The number of fused-ring (bicyclic) bond motifs is 1. The van der Waals surface area contributed by atoms with Gasteiger partial charge in [0.15, 0.2) is 0 Å². The van der Waals surface area contributed by atoms with E-state index in [0.717, 1.165) is 6.20 Å². The molecule has 4 aromatic rings. The largest absolute Gasteiger partial charge is 0.307 e. The fraction of sp³-hybridized carbons (Fsp3) is 0.130. The Morgan fingerprint density at radius 3 is 2.39 bits per heavy atom.